The van der Waals surface area contributed by atoms with Gasteiger partial charge in [0.25, 0.3) is 0 Å². The Labute approximate surface area is 106 Å². The topological polar surface area (TPSA) is 56.3 Å². The highest BCUT2D eigenvalue weighted by Gasteiger charge is 2.23. The Kier molecular flexibility index (Phi) is 4.01. The fraction of sp³-hybridized carbons (Fsp3) is 0.545. The van der Waals surface area contributed by atoms with Crippen LogP contribution in [0.15, 0.2) is 23.4 Å². The maximum atomic E-state index is 12.0. The number of sulfone groups is 1. The molecule has 2 heterocycles. The van der Waals surface area contributed by atoms with E-state index in [0.717, 1.165) is 19.4 Å². The van der Waals surface area contributed by atoms with Gasteiger partial charge in [-0.1, -0.05) is 11.6 Å². The molecule has 94 valence electrons. The molecule has 4 nitrogen and oxygen atoms in total. The van der Waals surface area contributed by atoms with Crippen molar-refractivity contribution in [2.45, 2.75) is 30.4 Å². The maximum Gasteiger partial charge on any atom is 0.197 e. The molecule has 0 amide bonds. The van der Waals surface area contributed by atoms with E-state index in [2.05, 4.69) is 4.98 Å². The molecular weight excluding hydrogens is 262 g/mol. The number of hydrogen-bond donors (Lipinski definition) is 0. The fourth-order valence-electron chi connectivity index (χ4n) is 1.86. The zero-order valence-electron chi connectivity index (χ0n) is 9.30. The molecule has 1 atom stereocenters. The Morgan fingerprint density at radius 2 is 2.35 bits per heavy atom. The van der Waals surface area contributed by atoms with E-state index in [9.17, 15) is 8.42 Å². The van der Waals surface area contributed by atoms with Gasteiger partial charge in [0.15, 0.2) is 14.9 Å². The summed E-state index contributed by atoms with van der Waals surface area (Å²) in [5.41, 5.74) is 0. The largest absolute Gasteiger partial charge is 0.378 e. The molecule has 1 unspecified atom stereocenters. The smallest absolute Gasteiger partial charge is 0.197 e. The van der Waals surface area contributed by atoms with Gasteiger partial charge in [-0.15, -0.1) is 0 Å². The van der Waals surface area contributed by atoms with Gasteiger partial charge in [-0.25, -0.2) is 13.4 Å². The van der Waals surface area contributed by atoms with Crippen molar-refractivity contribution in [1.29, 1.82) is 0 Å². The second kappa shape index (κ2) is 5.33. The SMILES string of the molecule is O=S(=O)(CCC1CCCO1)c1ncccc1Cl. The summed E-state index contributed by atoms with van der Waals surface area (Å²) in [4.78, 5) is 3.83. The second-order valence-electron chi connectivity index (χ2n) is 4.03. The van der Waals surface area contributed by atoms with Gasteiger partial charge in [-0.3, -0.25) is 0 Å². The van der Waals surface area contributed by atoms with Crippen molar-refractivity contribution < 1.29 is 13.2 Å². The van der Waals surface area contributed by atoms with Crippen molar-refractivity contribution >= 4 is 21.4 Å². The molecule has 0 radical (unpaired) electrons. The molecule has 1 aliphatic rings. The lowest BCUT2D eigenvalue weighted by molar-refractivity contribution is 0.109. The Morgan fingerprint density at radius 1 is 1.53 bits per heavy atom. The molecule has 0 aliphatic carbocycles. The molecule has 0 N–H and O–H groups in total. The number of aromatic nitrogens is 1. The van der Waals surface area contributed by atoms with Crippen LogP contribution in [0.25, 0.3) is 0 Å². The van der Waals surface area contributed by atoms with Crippen LogP contribution >= 0.6 is 11.6 Å². The number of nitrogens with zero attached hydrogens (tertiary/aromatic N) is 1. The third-order valence-corrected chi connectivity index (χ3v) is 4.86. The van der Waals surface area contributed by atoms with Crippen molar-refractivity contribution in [2.75, 3.05) is 12.4 Å². The molecular formula is C11H14ClNO3S. The number of ether oxygens (including phenoxy) is 1. The molecule has 0 spiro atoms. The summed E-state index contributed by atoms with van der Waals surface area (Å²) < 4.78 is 29.4. The van der Waals surface area contributed by atoms with Gasteiger partial charge >= 0.3 is 0 Å². The van der Waals surface area contributed by atoms with E-state index in [0.29, 0.717) is 6.42 Å². The highest BCUT2D eigenvalue weighted by molar-refractivity contribution is 7.91. The van der Waals surface area contributed by atoms with E-state index in [1.165, 1.54) is 12.3 Å². The van der Waals surface area contributed by atoms with Crippen LogP contribution in [-0.4, -0.2) is 31.9 Å². The molecule has 0 saturated carbocycles. The van der Waals surface area contributed by atoms with Crippen molar-refractivity contribution in [1.82, 2.24) is 4.98 Å². The highest BCUT2D eigenvalue weighted by Crippen LogP contribution is 2.22. The highest BCUT2D eigenvalue weighted by atomic mass is 35.5. The quantitative estimate of drug-likeness (QED) is 0.844. The van der Waals surface area contributed by atoms with Crippen LogP contribution in [0.4, 0.5) is 0 Å². The van der Waals surface area contributed by atoms with E-state index in [-0.39, 0.29) is 21.9 Å². The normalized spacial score (nSPS) is 20.6. The van der Waals surface area contributed by atoms with Gasteiger partial charge in [0.1, 0.15) is 0 Å². The molecule has 1 aromatic heterocycles. The minimum atomic E-state index is -3.40. The summed E-state index contributed by atoms with van der Waals surface area (Å²) in [6, 6.07) is 3.15. The second-order valence-corrected chi connectivity index (χ2v) is 6.46. The van der Waals surface area contributed by atoms with Gasteiger partial charge in [-0.05, 0) is 31.4 Å². The van der Waals surface area contributed by atoms with E-state index in [4.69, 9.17) is 16.3 Å². The van der Waals surface area contributed by atoms with Crippen LogP contribution in [0.1, 0.15) is 19.3 Å². The molecule has 0 aromatic carbocycles. The summed E-state index contributed by atoms with van der Waals surface area (Å²) in [6.07, 6.45) is 3.95. The summed E-state index contributed by atoms with van der Waals surface area (Å²) >= 11 is 5.83. The minimum absolute atomic E-state index is 0.0281. The van der Waals surface area contributed by atoms with Gasteiger partial charge in [0, 0.05) is 12.8 Å². The lowest BCUT2D eigenvalue weighted by Crippen LogP contribution is -2.15. The Bertz CT molecular complexity index is 483. The predicted octanol–water partition coefficient (Wildman–Crippen LogP) is 2.08. The standard InChI is InChI=1S/C11H14ClNO3S/c12-10-4-1-6-13-11(10)17(14,15)8-5-9-3-2-7-16-9/h1,4,6,9H,2-3,5,7-8H2. The Morgan fingerprint density at radius 3 is 3.00 bits per heavy atom. The van der Waals surface area contributed by atoms with Gasteiger partial charge < -0.3 is 4.74 Å². The van der Waals surface area contributed by atoms with Crippen LogP contribution in [0, 0.1) is 0 Å². The summed E-state index contributed by atoms with van der Waals surface area (Å²) in [6.45, 7) is 0.731. The van der Waals surface area contributed by atoms with E-state index >= 15 is 0 Å². The third kappa shape index (κ3) is 3.18. The molecule has 0 bridgehead atoms. The maximum absolute atomic E-state index is 12.0. The van der Waals surface area contributed by atoms with Crippen LogP contribution in [0.5, 0.6) is 0 Å². The first-order chi connectivity index (χ1) is 8.09. The zero-order valence-corrected chi connectivity index (χ0v) is 10.9. The van der Waals surface area contributed by atoms with Gasteiger partial charge in [-0.2, -0.15) is 0 Å². The average Bonchev–Trinajstić information content (AvgIpc) is 2.80. The first-order valence-electron chi connectivity index (χ1n) is 5.54. The molecule has 2 rings (SSSR count). The lowest BCUT2D eigenvalue weighted by atomic mass is 10.2. The number of rotatable bonds is 4. The average molecular weight is 276 g/mol. The summed E-state index contributed by atoms with van der Waals surface area (Å²) in [5.74, 6) is 0.0361. The van der Waals surface area contributed by atoms with Gasteiger partial charge in [0.2, 0.25) is 0 Å². The van der Waals surface area contributed by atoms with Crippen LogP contribution < -0.4 is 0 Å². The van der Waals surface area contributed by atoms with E-state index in [1.54, 1.807) is 6.07 Å². The van der Waals surface area contributed by atoms with Crippen LogP contribution in [0.3, 0.4) is 0 Å². The summed E-state index contributed by atoms with van der Waals surface area (Å²) in [7, 11) is -3.40. The first kappa shape index (κ1) is 12.8. The first-order valence-corrected chi connectivity index (χ1v) is 7.57. The fourth-order valence-corrected chi connectivity index (χ4v) is 3.68. The number of pyridine rings is 1. The zero-order chi connectivity index (χ0) is 12.3. The van der Waals surface area contributed by atoms with Crippen molar-refractivity contribution in [2.24, 2.45) is 0 Å². The molecule has 17 heavy (non-hydrogen) atoms. The molecule has 1 fully saturated rings. The predicted molar refractivity (Wildman–Crippen MR) is 64.9 cm³/mol. The van der Waals surface area contributed by atoms with Crippen molar-refractivity contribution in [3.63, 3.8) is 0 Å². The Balaban J connectivity index is 2.06. The molecule has 1 saturated heterocycles. The van der Waals surface area contributed by atoms with Crippen molar-refractivity contribution in [3.05, 3.63) is 23.4 Å². The molecule has 1 aromatic rings. The van der Waals surface area contributed by atoms with Crippen molar-refractivity contribution in [3.8, 4) is 0 Å². The number of halogens is 1. The lowest BCUT2D eigenvalue weighted by Gasteiger charge is -2.09. The van der Waals surface area contributed by atoms with Crippen LogP contribution in [-0.2, 0) is 14.6 Å². The van der Waals surface area contributed by atoms with E-state index in [1.807, 2.05) is 0 Å². The Hall–Kier alpha value is -0.650. The molecule has 6 heteroatoms. The van der Waals surface area contributed by atoms with Crippen LogP contribution in [0.2, 0.25) is 5.02 Å². The monoisotopic (exact) mass is 275 g/mol. The third-order valence-electron chi connectivity index (χ3n) is 2.75. The van der Waals surface area contributed by atoms with E-state index < -0.39 is 9.84 Å². The minimum Gasteiger partial charge on any atom is -0.378 e. The molecule has 1 aliphatic heterocycles. The van der Waals surface area contributed by atoms with Gasteiger partial charge in [0.05, 0.1) is 16.9 Å². The number of hydrogen-bond acceptors (Lipinski definition) is 4. The summed E-state index contributed by atoms with van der Waals surface area (Å²) in [5, 5.41) is 0.152.